The third-order valence-electron chi connectivity index (χ3n) is 5.43. The number of para-hydroxylation sites is 1. The number of anilines is 2. The molecule has 0 amide bonds. The lowest BCUT2D eigenvalue weighted by molar-refractivity contribution is -0.141. The van der Waals surface area contributed by atoms with Crippen LogP contribution in [0.2, 0.25) is 0 Å². The first kappa shape index (κ1) is 23.7. The van der Waals surface area contributed by atoms with Gasteiger partial charge in [-0.05, 0) is 42.9 Å². The van der Waals surface area contributed by atoms with Crippen LogP contribution < -0.4 is 9.64 Å². The zero-order chi connectivity index (χ0) is 22.2. The molecule has 3 rings (SSSR count). The SMILES string of the molecule is CCCCC1CN(c2ccccc2)c2cc(SC)c(OCCC(=O)OC)cc2S(=O)C1. The van der Waals surface area contributed by atoms with E-state index < -0.39 is 10.8 Å². The number of benzene rings is 2. The summed E-state index contributed by atoms with van der Waals surface area (Å²) in [6, 6.07) is 14.3. The van der Waals surface area contributed by atoms with Crippen molar-refractivity contribution in [1.82, 2.24) is 0 Å². The fraction of sp³-hybridized carbons (Fsp3) is 0.458. The van der Waals surface area contributed by atoms with Crippen molar-refractivity contribution < 1.29 is 18.5 Å². The van der Waals surface area contributed by atoms with Gasteiger partial charge < -0.3 is 14.4 Å². The predicted molar refractivity (Wildman–Crippen MR) is 128 cm³/mol. The van der Waals surface area contributed by atoms with E-state index in [0.717, 1.165) is 47.0 Å². The highest BCUT2D eigenvalue weighted by atomic mass is 32.2. The van der Waals surface area contributed by atoms with Crippen LogP contribution in [0.3, 0.4) is 0 Å². The number of rotatable bonds is 9. The Morgan fingerprint density at radius 3 is 2.71 bits per heavy atom. The minimum atomic E-state index is -1.12. The number of ether oxygens (including phenoxy) is 2. The fourth-order valence-electron chi connectivity index (χ4n) is 3.78. The van der Waals surface area contributed by atoms with Crippen LogP contribution in [0.25, 0.3) is 0 Å². The highest BCUT2D eigenvalue weighted by Gasteiger charge is 2.28. The number of carbonyl (C=O) groups is 1. The molecule has 168 valence electrons. The van der Waals surface area contributed by atoms with Crippen LogP contribution in [0.1, 0.15) is 32.6 Å². The van der Waals surface area contributed by atoms with Gasteiger partial charge in [-0.25, -0.2) is 0 Å². The molecule has 1 heterocycles. The molecule has 0 aromatic heterocycles. The van der Waals surface area contributed by atoms with Gasteiger partial charge in [-0.3, -0.25) is 9.00 Å². The molecule has 0 saturated heterocycles. The van der Waals surface area contributed by atoms with Gasteiger partial charge in [0.1, 0.15) is 5.75 Å². The summed E-state index contributed by atoms with van der Waals surface area (Å²) in [5, 5.41) is 0. The van der Waals surface area contributed by atoms with E-state index >= 15 is 0 Å². The third-order valence-corrected chi connectivity index (χ3v) is 7.78. The molecule has 0 saturated carbocycles. The highest BCUT2D eigenvalue weighted by Crippen LogP contribution is 2.42. The Hall–Kier alpha value is -1.99. The molecule has 31 heavy (non-hydrogen) atoms. The topological polar surface area (TPSA) is 55.8 Å². The Labute approximate surface area is 192 Å². The van der Waals surface area contributed by atoms with Crippen LogP contribution in [-0.4, -0.2) is 42.4 Å². The van der Waals surface area contributed by atoms with Gasteiger partial charge in [-0.2, -0.15) is 0 Å². The molecule has 2 atom stereocenters. The molecule has 0 fully saturated rings. The van der Waals surface area contributed by atoms with Crippen molar-refractivity contribution in [2.75, 3.05) is 37.2 Å². The normalized spacial score (nSPS) is 18.2. The van der Waals surface area contributed by atoms with Gasteiger partial charge in [0.05, 0.1) is 46.4 Å². The van der Waals surface area contributed by atoms with Gasteiger partial charge in [-0.15, -0.1) is 11.8 Å². The zero-order valence-electron chi connectivity index (χ0n) is 18.5. The van der Waals surface area contributed by atoms with Gasteiger partial charge in [0, 0.05) is 18.0 Å². The number of esters is 1. The highest BCUT2D eigenvalue weighted by molar-refractivity contribution is 7.98. The number of nitrogens with zero attached hydrogens (tertiary/aromatic N) is 1. The van der Waals surface area contributed by atoms with E-state index in [4.69, 9.17) is 9.47 Å². The molecule has 7 heteroatoms. The molecule has 0 spiro atoms. The van der Waals surface area contributed by atoms with Crippen LogP contribution in [0, 0.1) is 5.92 Å². The second-order valence-corrected chi connectivity index (χ2v) is 9.92. The molecule has 5 nitrogen and oxygen atoms in total. The van der Waals surface area contributed by atoms with Crippen LogP contribution in [-0.2, 0) is 20.3 Å². The Bertz CT molecular complexity index is 904. The number of unbranched alkanes of at least 4 members (excludes halogenated alkanes) is 1. The first-order valence-corrected chi connectivity index (χ1v) is 13.2. The van der Waals surface area contributed by atoms with Crippen LogP contribution in [0.4, 0.5) is 11.4 Å². The summed E-state index contributed by atoms with van der Waals surface area (Å²) in [5.41, 5.74) is 2.09. The number of methoxy groups -OCH3 is 1. The number of hydrogen-bond acceptors (Lipinski definition) is 6. The summed E-state index contributed by atoms with van der Waals surface area (Å²) < 4.78 is 24.0. The molecular formula is C24H31NO4S2. The minimum Gasteiger partial charge on any atom is -0.492 e. The number of hydrogen-bond donors (Lipinski definition) is 0. The van der Waals surface area contributed by atoms with E-state index in [1.165, 1.54) is 7.11 Å². The first-order chi connectivity index (χ1) is 15.1. The second kappa shape index (κ2) is 11.6. The van der Waals surface area contributed by atoms with Crippen LogP contribution in [0.15, 0.2) is 52.3 Å². The maximum absolute atomic E-state index is 13.4. The maximum atomic E-state index is 13.4. The molecule has 1 aliphatic heterocycles. The van der Waals surface area contributed by atoms with Crippen molar-refractivity contribution in [1.29, 1.82) is 0 Å². The van der Waals surface area contributed by atoms with E-state index in [1.54, 1.807) is 11.8 Å². The van der Waals surface area contributed by atoms with Crippen LogP contribution >= 0.6 is 11.8 Å². The molecule has 1 aliphatic rings. The Morgan fingerprint density at radius 2 is 2.03 bits per heavy atom. The molecule has 0 aliphatic carbocycles. The Morgan fingerprint density at radius 1 is 1.26 bits per heavy atom. The fourth-order valence-corrected chi connectivity index (χ4v) is 5.84. The number of carbonyl (C=O) groups excluding carboxylic acids is 1. The standard InChI is InChI=1S/C24H31NO4S2/c1-4-5-9-18-16-25(19-10-7-6-8-11-19)20-14-22(30-3)21(15-23(20)31(27)17-18)29-13-12-24(26)28-2/h6-8,10-11,14-15,18H,4-5,9,12-13,16-17H2,1-3H3. The quantitative estimate of drug-likeness (QED) is 0.367. The van der Waals surface area contributed by atoms with Crippen molar-refractivity contribution in [2.24, 2.45) is 5.92 Å². The zero-order valence-corrected chi connectivity index (χ0v) is 20.1. The monoisotopic (exact) mass is 461 g/mol. The molecule has 2 unspecified atom stereocenters. The third kappa shape index (κ3) is 6.04. The lowest BCUT2D eigenvalue weighted by Gasteiger charge is -2.28. The molecule has 2 aromatic carbocycles. The number of thioether (sulfide) groups is 1. The van der Waals surface area contributed by atoms with E-state index in [0.29, 0.717) is 17.4 Å². The Kier molecular flexibility index (Phi) is 8.84. The maximum Gasteiger partial charge on any atom is 0.308 e. The van der Waals surface area contributed by atoms with Crippen molar-refractivity contribution >= 4 is 39.9 Å². The average molecular weight is 462 g/mol. The summed E-state index contributed by atoms with van der Waals surface area (Å²) >= 11 is 1.59. The van der Waals surface area contributed by atoms with Crippen molar-refractivity contribution in [3.63, 3.8) is 0 Å². The average Bonchev–Trinajstić information content (AvgIpc) is 2.93. The van der Waals surface area contributed by atoms with Gasteiger partial charge >= 0.3 is 5.97 Å². The summed E-state index contributed by atoms with van der Waals surface area (Å²) in [4.78, 5) is 15.5. The summed E-state index contributed by atoms with van der Waals surface area (Å²) in [6.07, 6.45) is 5.52. The Balaban J connectivity index is 1.99. The van der Waals surface area contributed by atoms with Crippen molar-refractivity contribution in [3.8, 4) is 5.75 Å². The van der Waals surface area contributed by atoms with E-state index in [-0.39, 0.29) is 19.0 Å². The first-order valence-electron chi connectivity index (χ1n) is 10.7. The van der Waals surface area contributed by atoms with Crippen LogP contribution in [0.5, 0.6) is 5.75 Å². The largest absolute Gasteiger partial charge is 0.492 e. The predicted octanol–water partition coefficient (Wildman–Crippen LogP) is 5.42. The van der Waals surface area contributed by atoms with Crippen molar-refractivity contribution in [2.45, 2.75) is 42.4 Å². The summed E-state index contributed by atoms with van der Waals surface area (Å²) in [7, 11) is 0.250. The van der Waals surface area contributed by atoms with Gasteiger partial charge in [0.15, 0.2) is 0 Å². The lowest BCUT2D eigenvalue weighted by Crippen LogP contribution is -2.25. The summed E-state index contributed by atoms with van der Waals surface area (Å²) in [6.45, 7) is 3.27. The smallest absolute Gasteiger partial charge is 0.308 e. The second-order valence-electron chi connectivity index (χ2n) is 7.61. The molecule has 0 bridgehead atoms. The molecular weight excluding hydrogens is 430 g/mol. The van der Waals surface area contributed by atoms with Crippen molar-refractivity contribution in [3.05, 3.63) is 42.5 Å². The van der Waals surface area contributed by atoms with Gasteiger partial charge in [0.25, 0.3) is 0 Å². The lowest BCUT2D eigenvalue weighted by atomic mass is 10.0. The van der Waals surface area contributed by atoms with E-state index in [1.807, 2.05) is 30.5 Å². The molecule has 0 N–H and O–H groups in total. The van der Waals surface area contributed by atoms with E-state index in [2.05, 4.69) is 30.0 Å². The van der Waals surface area contributed by atoms with Gasteiger partial charge in [0.2, 0.25) is 0 Å². The molecule has 0 radical (unpaired) electrons. The van der Waals surface area contributed by atoms with E-state index in [9.17, 15) is 9.00 Å². The summed E-state index contributed by atoms with van der Waals surface area (Å²) in [5.74, 6) is 1.37. The molecule has 2 aromatic rings. The number of fused-ring (bicyclic) bond motifs is 1. The minimum absolute atomic E-state index is 0.180. The van der Waals surface area contributed by atoms with Gasteiger partial charge in [-0.1, -0.05) is 38.0 Å².